The number of pyridine rings is 1. The van der Waals surface area contributed by atoms with E-state index in [1.54, 1.807) is 62.8 Å². The van der Waals surface area contributed by atoms with E-state index in [1.165, 1.54) is 18.2 Å². The van der Waals surface area contributed by atoms with E-state index in [1.807, 2.05) is 0 Å². The van der Waals surface area contributed by atoms with Crippen LogP contribution in [0.3, 0.4) is 0 Å². The highest BCUT2D eigenvalue weighted by Crippen LogP contribution is 2.19. The molecule has 3 rings (SSSR count). The number of hydrogen-bond acceptors (Lipinski definition) is 7. The fraction of sp³-hybridized carbons (Fsp3) is 0.0952. The fourth-order valence-corrected chi connectivity index (χ4v) is 2.27. The topological polar surface area (TPSA) is 84.0 Å². The number of esters is 2. The van der Waals surface area contributed by atoms with Gasteiger partial charge in [-0.3, -0.25) is 0 Å². The van der Waals surface area contributed by atoms with Crippen molar-refractivity contribution in [1.82, 2.24) is 4.98 Å². The van der Waals surface area contributed by atoms with Crippen molar-refractivity contribution >= 4 is 11.9 Å². The van der Waals surface area contributed by atoms with Gasteiger partial charge >= 0.3 is 11.9 Å². The van der Waals surface area contributed by atoms with Gasteiger partial charge in [0.2, 0.25) is 0 Å². The molecule has 1 heterocycles. The smallest absolute Gasteiger partial charge is 0.362 e. The van der Waals surface area contributed by atoms with E-state index in [0.29, 0.717) is 23.0 Å². The van der Waals surface area contributed by atoms with Gasteiger partial charge in [0.15, 0.2) is 0 Å². The number of hydrogen-bond donors (Lipinski definition) is 0. The van der Waals surface area contributed by atoms with Crippen LogP contribution in [0.4, 0.5) is 0 Å². The second-order valence-electron chi connectivity index (χ2n) is 5.54. The van der Waals surface area contributed by atoms with Crippen LogP contribution < -0.4 is 18.9 Å². The zero-order chi connectivity index (χ0) is 19.9. The Hall–Kier alpha value is -3.87. The molecule has 0 atom stereocenters. The van der Waals surface area contributed by atoms with E-state index in [-0.39, 0.29) is 11.4 Å². The largest absolute Gasteiger partial charge is 0.497 e. The van der Waals surface area contributed by atoms with Crippen LogP contribution in [-0.2, 0) is 0 Å². The Morgan fingerprint density at radius 1 is 0.607 bits per heavy atom. The third-order valence-corrected chi connectivity index (χ3v) is 3.71. The maximum atomic E-state index is 12.3. The summed E-state index contributed by atoms with van der Waals surface area (Å²) in [6.45, 7) is 0. The van der Waals surface area contributed by atoms with Gasteiger partial charge in [0.05, 0.1) is 14.2 Å². The Labute approximate surface area is 161 Å². The van der Waals surface area contributed by atoms with E-state index in [4.69, 9.17) is 18.9 Å². The normalized spacial score (nSPS) is 10.1. The molecule has 0 spiro atoms. The molecular formula is C21H17NO6. The number of ether oxygens (including phenoxy) is 4. The van der Waals surface area contributed by atoms with Gasteiger partial charge in [0.25, 0.3) is 0 Å². The lowest BCUT2D eigenvalue weighted by molar-refractivity contribution is 0.0722. The van der Waals surface area contributed by atoms with Crippen LogP contribution in [0.15, 0.2) is 66.7 Å². The SMILES string of the molecule is COc1ccc(OC(=O)c2cccc(C(=O)Oc3ccc(OC)cc3)n2)cc1. The maximum Gasteiger partial charge on any atom is 0.362 e. The van der Waals surface area contributed by atoms with E-state index >= 15 is 0 Å². The summed E-state index contributed by atoms with van der Waals surface area (Å²) in [6, 6.07) is 17.5. The summed E-state index contributed by atoms with van der Waals surface area (Å²) >= 11 is 0. The second-order valence-corrected chi connectivity index (χ2v) is 5.54. The molecule has 142 valence electrons. The number of carbonyl (C=O) groups excluding carboxylic acids is 2. The van der Waals surface area contributed by atoms with Gasteiger partial charge < -0.3 is 18.9 Å². The van der Waals surface area contributed by atoms with Crippen LogP contribution in [-0.4, -0.2) is 31.1 Å². The first-order valence-electron chi connectivity index (χ1n) is 8.28. The quantitative estimate of drug-likeness (QED) is 0.478. The van der Waals surface area contributed by atoms with Crippen molar-refractivity contribution in [2.45, 2.75) is 0 Å². The molecule has 0 N–H and O–H groups in total. The van der Waals surface area contributed by atoms with Gasteiger partial charge in [-0.2, -0.15) is 0 Å². The van der Waals surface area contributed by atoms with Crippen molar-refractivity contribution in [2.24, 2.45) is 0 Å². The molecule has 0 radical (unpaired) electrons. The number of carbonyl (C=O) groups is 2. The number of benzene rings is 2. The molecule has 7 heteroatoms. The highest BCUT2D eigenvalue weighted by Gasteiger charge is 2.16. The number of aromatic nitrogens is 1. The lowest BCUT2D eigenvalue weighted by Crippen LogP contribution is -2.15. The van der Waals surface area contributed by atoms with Crippen LogP contribution >= 0.6 is 0 Å². The van der Waals surface area contributed by atoms with Crippen molar-refractivity contribution in [2.75, 3.05) is 14.2 Å². The summed E-state index contributed by atoms with van der Waals surface area (Å²) in [4.78, 5) is 28.6. The molecule has 0 unspecified atom stereocenters. The molecule has 0 saturated heterocycles. The van der Waals surface area contributed by atoms with Crippen LogP contribution in [0.25, 0.3) is 0 Å². The van der Waals surface area contributed by atoms with Gasteiger partial charge in [-0.15, -0.1) is 0 Å². The molecule has 0 aliphatic heterocycles. The Morgan fingerprint density at radius 2 is 0.964 bits per heavy atom. The van der Waals surface area contributed by atoms with Crippen molar-refractivity contribution in [3.63, 3.8) is 0 Å². The van der Waals surface area contributed by atoms with Gasteiger partial charge in [-0.25, -0.2) is 14.6 Å². The predicted octanol–water partition coefficient (Wildman–Crippen LogP) is 3.54. The molecule has 0 bridgehead atoms. The molecular weight excluding hydrogens is 362 g/mol. The summed E-state index contributed by atoms with van der Waals surface area (Å²) in [6.07, 6.45) is 0. The first kappa shape index (κ1) is 18.9. The monoisotopic (exact) mass is 379 g/mol. The van der Waals surface area contributed by atoms with Crippen LogP contribution in [0.1, 0.15) is 21.0 Å². The molecule has 3 aromatic rings. The lowest BCUT2D eigenvalue weighted by Gasteiger charge is -2.07. The van der Waals surface area contributed by atoms with Crippen molar-refractivity contribution in [3.8, 4) is 23.0 Å². The summed E-state index contributed by atoms with van der Waals surface area (Å²) < 4.78 is 20.6. The molecule has 2 aromatic carbocycles. The molecule has 0 saturated carbocycles. The standard InChI is InChI=1S/C21H17NO6/c1-25-14-6-10-16(11-7-14)27-20(23)18-4-3-5-19(22-18)21(24)28-17-12-8-15(26-2)9-13-17/h3-13H,1-2H3. The van der Waals surface area contributed by atoms with Crippen LogP contribution in [0.2, 0.25) is 0 Å². The summed E-state index contributed by atoms with van der Waals surface area (Å²) in [5, 5.41) is 0. The van der Waals surface area contributed by atoms with Crippen LogP contribution in [0.5, 0.6) is 23.0 Å². The van der Waals surface area contributed by atoms with Gasteiger partial charge in [0, 0.05) is 0 Å². The number of nitrogens with zero attached hydrogens (tertiary/aromatic N) is 1. The maximum absolute atomic E-state index is 12.3. The molecule has 1 aromatic heterocycles. The van der Waals surface area contributed by atoms with Crippen molar-refractivity contribution in [3.05, 3.63) is 78.1 Å². The molecule has 7 nitrogen and oxygen atoms in total. The number of rotatable bonds is 6. The minimum Gasteiger partial charge on any atom is -0.497 e. The summed E-state index contributed by atoms with van der Waals surface area (Å²) in [5.41, 5.74) is -0.0278. The first-order chi connectivity index (χ1) is 13.6. The van der Waals surface area contributed by atoms with Crippen LogP contribution in [0, 0.1) is 0 Å². The van der Waals surface area contributed by atoms with Gasteiger partial charge in [0.1, 0.15) is 34.4 Å². The highest BCUT2D eigenvalue weighted by atomic mass is 16.5. The van der Waals surface area contributed by atoms with E-state index in [2.05, 4.69) is 4.98 Å². The first-order valence-corrected chi connectivity index (χ1v) is 8.28. The lowest BCUT2D eigenvalue weighted by atomic mass is 10.3. The van der Waals surface area contributed by atoms with Crippen molar-refractivity contribution in [1.29, 1.82) is 0 Å². The van der Waals surface area contributed by atoms with E-state index in [0.717, 1.165) is 0 Å². The average molecular weight is 379 g/mol. The number of methoxy groups -OCH3 is 2. The zero-order valence-electron chi connectivity index (χ0n) is 15.2. The predicted molar refractivity (Wildman–Crippen MR) is 100 cm³/mol. The highest BCUT2D eigenvalue weighted by molar-refractivity contribution is 5.93. The second kappa shape index (κ2) is 8.68. The Kier molecular flexibility index (Phi) is 5.86. The fourth-order valence-electron chi connectivity index (χ4n) is 2.27. The summed E-state index contributed by atoms with van der Waals surface area (Å²) in [7, 11) is 3.09. The molecule has 0 aliphatic rings. The van der Waals surface area contributed by atoms with E-state index < -0.39 is 11.9 Å². The van der Waals surface area contributed by atoms with E-state index in [9.17, 15) is 9.59 Å². The molecule has 0 aliphatic carbocycles. The minimum absolute atomic E-state index is 0.0139. The Bertz CT molecular complexity index is 890. The Morgan fingerprint density at radius 3 is 1.32 bits per heavy atom. The van der Waals surface area contributed by atoms with Crippen molar-refractivity contribution < 1.29 is 28.5 Å². The minimum atomic E-state index is -0.690. The van der Waals surface area contributed by atoms with Gasteiger partial charge in [-0.1, -0.05) is 6.07 Å². The molecule has 28 heavy (non-hydrogen) atoms. The summed E-state index contributed by atoms with van der Waals surface area (Å²) in [5.74, 6) is 0.563. The third kappa shape index (κ3) is 4.64. The zero-order valence-corrected chi connectivity index (χ0v) is 15.2. The Balaban J connectivity index is 1.69. The van der Waals surface area contributed by atoms with Gasteiger partial charge in [-0.05, 0) is 60.7 Å². The average Bonchev–Trinajstić information content (AvgIpc) is 2.75. The molecule has 0 amide bonds. The molecule has 0 fully saturated rings. The third-order valence-electron chi connectivity index (χ3n) is 3.71.